The highest BCUT2D eigenvalue weighted by molar-refractivity contribution is 4.89. The van der Waals surface area contributed by atoms with Crippen molar-refractivity contribution in [3.63, 3.8) is 0 Å². The van der Waals surface area contributed by atoms with Gasteiger partial charge >= 0.3 is 0 Å². The monoisotopic (exact) mass is 214 g/mol. The Morgan fingerprint density at radius 1 is 1.07 bits per heavy atom. The maximum absolute atomic E-state index is 9.06. The number of hydrazine groups is 1. The molecule has 4 nitrogen and oxygen atoms in total. The highest BCUT2D eigenvalue weighted by Gasteiger charge is 2.34. The molecule has 0 aromatic heterocycles. The van der Waals surface area contributed by atoms with Gasteiger partial charge in [-0.05, 0) is 31.1 Å². The fraction of sp³-hybridized carbons (Fsp3) is 1.00. The lowest BCUT2D eigenvalue weighted by atomic mass is 9.78. The molecule has 4 heteroatoms. The summed E-state index contributed by atoms with van der Waals surface area (Å²) in [6, 6.07) is 0.221. The molecule has 88 valence electrons. The lowest BCUT2D eigenvalue weighted by Gasteiger charge is -2.30. The summed E-state index contributed by atoms with van der Waals surface area (Å²) in [7, 11) is 0. The molecule has 2 aliphatic rings. The summed E-state index contributed by atoms with van der Waals surface area (Å²) in [5, 5.41) is 18.1. The Balaban J connectivity index is 1.80. The molecule has 1 saturated heterocycles. The van der Waals surface area contributed by atoms with Crippen molar-refractivity contribution in [3.05, 3.63) is 0 Å². The fourth-order valence-corrected chi connectivity index (χ4v) is 2.80. The Morgan fingerprint density at radius 2 is 1.73 bits per heavy atom. The average molecular weight is 214 g/mol. The molecule has 0 bridgehead atoms. The van der Waals surface area contributed by atoms with Crippen LogP contribution in [-0.4, -0.2) is 28.6 Å². The predicted octanol–water partition coefficient (Wildman–Crippen LogP) is 0.359. The van der Waals surface area contributed by atoms with Gasteiger partial charge in [0.05, 0.1) is 6.04 Å². The third-order valence-electron chi connectivity index (χ3n) is 3.95. The Morgan fingerprint density at radius 3 is 2.27 bits per heavy atom. The summed E-state index contributed by atoms with van der Waals surface area (Å²) >= 11 is 0. The molecule has 2 unspecified atom stereocenters. The molecular formula is C11H22N2O2. The highest BCUT2D eigenvalue weighted by Crippen LogP contribution is 2.32. The SMILES string of the molecule is CC1CCC(C2CC(C(O)O)NN2)CC1. The number of hydrogen-bond acceptors (Lipinski definition) is 4. The van der Waals surface area contributed by atoms with Gasteiger partial charge in [-0.15, -0.1) is 0 Å². The van der Waals surface area contributed by atoms with Crippen molar-refractivity contribution >= 4 is 0 Å². The zero-order chi connectivity index (χ0) is 10.8. The topological polar surface area (TPSA) is 64.5 Å². The zero-order valence-corrected chi connectivity index (χ0v) is 9.32. The van der Waals surface area contributed by atoms with Crippen molar-refractivity contribution in [2.45, 2.75) is 57.4 Å². The van der Waals surface area contributed by atoms with E-state index in [1.807, 2.05) is 0 Å². The summed E-state index contributed by atoms with van der Waals surface area (Å²) in [4.78, 5) is 0. The molecule has 2 atom stereocenters. The van der Waals surface area contributed by atoms with Gasteiger partial charge in [0.25, 0.3) is 0 Å². The molecule has 2 rings (SSSR count). The van der Waals surface area contributed by atoms with Gasteiger partial charge in [0.15, 0.2) is 6.29 Å². The quantitative estimate of drug-likeness (QED) is 0.501. The number of aliphatic hydroxyl groups is 2. The van der Waals surface area contributed by atoms with Crippen LogP contribution in [0.1, 0.15) is 39.0 Å². The van der Waals surface area contributed by atoms with Gasteiger partial charge in [-0.25, -0.2) is 5.43 Å². The van der Waals surface area contributed by atoms with Gasteiger partial charge in [-0.2, -0.15) is 0 Å². The first-order chi connectivity index (χ1) is 7.16. The second-order valence-electron chi connectivity index (χ2n) is 5.17. The zero-order valence-electron chi connectivity index (χ0n) is 9.32. The minimum Gasteiger partial charge on any atom is -0.367 e. The molecule has 1 aliphatic heterocycles. The van der Waals surface area contributed by atoms with Crippen LogP contribution in [0, 0.1) is 11.8 Å². The molecule has 4 N–H and O–H groups in total. The lowest BCUT2D eigenvalue weighted by Crippen LogP contribution is -2.41. The number of hydrogen-bond donors (Lipinski definition) is 4. The van der Waals surface area contributed by atoms with Gasteiger partial charge in [0.1, 0.15) is 0 Å². The van der Waals surface area contributed by atoms with E-state index in [1.54, 1.807) is 0 Å². The molecule has 1 heterocycles. The van der Waals surface area contributed by atoms with Gasteiger partial charge in [-0.1, -0.05) is 19.8 Å². The first-order valence-corrected chi connectivity index (χ1v) is 6.04. The Bertz CT molecular complexity index is 203. The Kier molecular flexibility index (Phi) is 3.61. The van der Waals surface area contributed by atoms with E-state index >= 15 is 0 Å². The second kappa shape index (κ2) is 4.78. The normalized spacial score (nSPS) is 42.4. The first kappa shape index (κ1) is 11.3. The first-order valence-electron chi connectivity index (χ1n) is 6.04. The van der Waals surface area contributed by atoms with E-state index in [4.69, 9.17) is 10.2 Å². The predicted molar refractivity (Wildman–Crippen MR) is 57.8 cm³/mol. The van der Waals surface area contributed by atoms with Gasteiger partial charge in [0, 0.05) is 6.04 Å². The van der Waals surface area contributed by atoms with Crippen LogP contribution < -0.4 is 10.9 Å². The molecule has 2 fully saturated rings. The van der Waals surface area contributed by atoms with Crippen LogP contribution in [0.3, 0.4) is 0 Å². The average Bonchev–Trinajstić information content (AvgIpc) is 2.68. The molecule has 1 saturated carbocycles. The van der Waals surface area contributed by atoms with Gasteiger partial charge in [0.2, 0.25) is 0 Å². The lowest BCUT2D eigenvalue weighted by molar-refractivity contribution is -0.0640. The van der Waals surface area contributed by atoms with E-state index in [9.17, 15) is 0 Å². The largest absolute Gasteiger partial charge is 0.367 e. The summed E-state index contributed by atoms with van der Waals surface area (Å²) < 4.78 is 0. The minimum atomic E-state index is -1.25. The van der Waals surface area contributed by atoms with Crippen molar-refractivity contribution < 1.29 is 10.2 Å². The van der Waals surface area contributed by atoms with Crippen LogP contribution in [-0.2, 0) is 0 Å². The Hall–Kier alpha value is -0.160. The number of nitrogens with one attached hydrogen (secondary N) is 2. The molecule has 0 aromatic carbocycles. The van der Waals surface area contributed by atoms with E-state index in [1.165, 1.54) is 25.7 Å². The van der Waals surface area contributed by atoms with Crippen molar-refractivity contribution in [3.8, 4) is 0 Å². The van der Waals surface area contributed by atoms with Crippen LogP contribution in [0.25, 0.3) is 0 Å². The van der Waals surface area contributed by atoms with Crippen molar-refractivity contribution in [2.24, 2.45) is 11.8 Å². The van der Waals surface area contributed by atoms with E-state index < -0.39 is 6.29 Å². The van der Waals surface area contributed by atoms with E-state index in [-0.39, 0.29) is 6.04 Å². The van der Waals surface area contributed by atoms with Crippen LogP contribution in [0.4, 0.5) is 0 Å². The second-order valence-corrected chi connectivity index (χ2v) is 5.17. The van der Waals surface area contributed by atoms with E-state index in [0.29, 0.717) is 12.0 Å². The molecule has 1 aliphatic carbocycles. The third kappa shape index (κ3) is 2.69. The Labute approximate surface area is 91.0 Å². The molecule has 0 spiro atoms. The maximum atomic E-state index is 9.06. The maximum Gasteiger partial charge on any atom is 0.168 e. The molecule has 0 radical (unpaired) electrons. The van der Waals surface area contributed by atoms with Crippen LogP contribution in [0.15, 0.2) is 0 Å². The number of rotatable bonds is 2. The summed E-state index contributed by atoms with van der Waals surface area (Å²) in [5.41, 5.74) is 6.17. The standard InChI is InChI=1S/C11H22N2O2/c1-7-2-4-8(5-3-7)9-6-10(11(14)15)13-12-9/h7-15H,2-6H2,1H3. The molecule has 0 amide bonds. The highest BCUT2D eigenvalue weighted by atomic mass is 16.5. The molecular weight excluding hydrogens is 192 g/mol. The van der Waals surface area contributed by atoms with Gasteiger partial charge < -0.3 is 10.2 Å². The summed E-state index contributed by atoms with van der Waals surface area (Å²) in [6.45, 7) is 2.32. The molecule has 0 aromatic rings. The van der Waals surface area contributed by atoms with Crippen molar-refractivity contribution in [1.82, 2.24) is 10.9 Å². The van der Waals surface area contributed by atoms with Crippen LogP contribution in [0.2, 0.25) is 0 Å². The van der Waals surface area contributed by atoms with Crippen LogP contribution >= 0.6 is 0 Å². The molecule has 15 heavy (non-hydrogen) atoms. The van der Waals surface area contributed by atoms with E-state index in [0.717, 1.165) is 12.3 Å². The van der Waals surface area contributed by atoms with Crippen LogP contribution in [0.5, 0.6) is 0 Å². The summed E-state index contributed by atoms with van der Waals surface area (Å²) in [6.07, 6.45) is 4.76. The van der Waals surface area contributed by atoms with Gasteiger partial charge in [-0.3, -0.25) is 5.43 Å². The minimum absolute atomic E-state index is 0.200. The number of aliphatic hydroxyl groups excluding tert-OH is 1. The fourth-order valence-electron chi connectivity index (χ4n) is 2.80. The van der Waals surface area contributed by atoms with E-state index in [2.05, 4.69) is 17.8 Å². The summed E-state index contributed by atoms with van der Waals surface area (Å²) in [5.74, 6) is 1.58. The van der Waals surface area contributed by atoms with Crippen molar-refractivity contribution in [1.29, 1.82) is 0 Å². The smallest absolute Gasteiger partial charge is 0.168 e. The van der Waals surface area contributed by atoms with Crippen molar-refractivity contribution in [2.75, 3.05) is 0 Å². The third-order valence-corrected chi connectivity index (χ3v) is 3.95.